The summed E-state index contributed by atoms with van der Waals surface area (Å²) in [6.07, 6.45) is 1.95. The zero-order chi connectivity index (χ0) is 15.4. The largest absolute Gasteiger partial charge is 0.310 e. The van der Waals surface area contributed by atoms with Crippen molar-refractivity contribution in [3.63, 3.8) is 0 Å². The maximum absolute atomic E-state index is 11.9. The van der Waals surface area contributed by atoms with Crippen LogP contribution in [0.4, 0.5) is 11.5 Å². The third-order valence-electron chi connectivity index (χ3n) is 3.00. The molecule has 1 amide bonds. The third-order valence-corrected chi connectivity index (χ3v) is 3.83. The lowest BCUT2D eigenvalue weighted by Crippen LogP contribution is -2.22. The van der Waals surface area contributed by atoms with Gasteiger partial charge in [0.1, 0.15) is 5.82 Å². The van der Waals surface area contributed by atoms with Crippen LogP contribution in [0.5, 0.6) is 0 Å². The van der Waals surface area contributed by atoms with Crippen molar-refractivity contribution in [1.29, 1.82) is 0 Å². The smallest absolute Gasteiger partial charge is 0.270 e. The van der Waals surface area contributed by atoms with E-state index in [1.165, 1.54) is 12.1 Å². The van der Waals surface area contributed by atoms with Gasteiger partial charge in [0, 0.05) is 29.2 Å². The summed E-state index contributed by atoms with van der Waals surface area (Å²) in [5, 5.41) is 14.1. The van der Waals surface area contributed by atoms with Crippen LogP contribution in [0.3, 0.4) is 0 Å². The summed E-state index contributed by atoms with van der Waals surface area (Å²) < 4.78 is 0. The Morgan fingerprint density at radius 2 is 2.19 bits per heavy atom. The Morgan fingerprint density at radius 1 is 1.43 bits per heavy atom. The van der Waals surface area contributed by atoms with Crippen LogP contribution < -0.4 is 5.32 Å². The first-order valence-corrected chi connectivity index (χ1v) is 7.75. The monoisotopic (exact) mass is 305 g/mol. The van der Waals surface area contributed by atoms with Gasteiger partial charge in [-0.3, -0.25) is 14.9 Å². The van der Waals surface area contributed by atoms with Crippen LogP contribution in [0.2, 0.25) is 0 Å². The van der Waals surface area contributed by atoms with Crippen LogP contribution in [-0.2, 0) is 4.79 Å². The third kappa shape index (κ3) is 3.69. The zero-order valence-corrected chi connectivity index (χ0v) is 12.5. The van der Waals surface area contributed by atoms with Crippen molar-refractivity contribution in [2.24, 2.45) is 5.92 Å². The van der Waals surface area contributed by atoms with Gasteiger partial charge >= 0.3 is 0 Å². The SMILES string of the molecule is CSC[C@H](C)C(=O)Nc1ccc2cc([N+](=O)[O-])ccc2n1. The number of carbonyl (C=O) groups is 1. The summed E-state index contributed by atoms with van der Waals surface area (Å²) in [4.78, 5) is 26.5. The van der Waals surface area contributed by atoms with Crippen molar-refractivity contribution >= 4 is 40.1 Å². The number of anilines is 1. The molecular formula is C14H15N3O3S. The molecule has 0 aliphatic heterocycles. The van der Waals surface area contributed by atoms with Crippen molar-refractivity contribution < 1.29 is 9.72 Å². The summed E-state index contributed by atoms with van der Waals surface area (Å²) in [7, 11) is 0. The number of thioether (sulfide) groups is 1. The number of carbonyl (C=O) groups excluding carboxylic acids is 1. The Balaban J connectivity index is 2.21. The van der Waals surface area contributed by atoms with Crippen molar-refractivity contribution in [3.8, 4) is 0 Å². The molecule has 0 spiro atoms. The maximum Gasteiger partial charge on any atom is 0.270 e. The Bertz CT molecular complexity index is 690. The highest BCUT2D eigenvalue weighted by Gasteiger charge is 2.13. The number of fused-ring (bicyclic) bond motifs is 1. The number of nitrogens with one attached hydrogen (secondary N) is 1. The van der Waals surface area contributed by atoms with E-state index in [-0.39, 0.29) is 17.5 Å². The van der Waals surface area contributed by atoms with Crippen molar-refractivity contribution in [2.75, 3.05) is 17.3 Å². The van der Waals surface area contributed by atoms with Crippen molar-refractivity contribution in [1.82, 2.24) is 4.98 Å². The molecule has 110 valence electrons. The normalized spacial score (nSPS) is 12.1. The lowest BCUT2D eigenvalue weighted by Gasteiger charge is -2.10. The molecular weight excluding hydrogens is 290 g/mol. The molecule has 0 bridgehead atoms. The summed E-state index contributed by atoms with van der Waals surface area (Å²) in [6.45, 7) is 1.86. The Kier molecular flexibility index (Phi) is 4.74. The Hall–Kier alpha value is -2.15. The average molecular weight is 305 g/mol. The van der Waals surface area contributed by atoms with Gasteiger partial charge in [-0.15, -0.1) is 0 Å². The van der Waals surface area contributed by atoms with Gasteiger partial charge in [0.2, 0.25) is 5.91 Å². The van der Waals surface area contributed by atoms with Crippen LogP contribution in [0, 0.1) is 16.0 Å². The van der Waals surface area contributed by atoms with E-state index in [0.717, 1.165) is 5.75 Å². The van der Waals surface area contributed by atoms with Gasteiger partial charge < -0.3 is 5.32 Å². The minimum Gasteiger partial charge on any atom is -0.310 e. The first-order valence-electron chi connectivity index (χ1n) is 6.36. The van der Waals surface area contributed by atoms with Gasteiger partial charge in [-0.1, -0.05) is 6.92 Å². The van der Waals surface area contributed by atoms with Crippen LogP contribution in [0.1, 0.15) is 6.92 Å². The van der Waals surface area contributed by atoms with E-state index >= 15 is 0 Å². The molecule has 0 aliphatic rings. The predicted molar refractivity (Wildman–Crippen MR) is 84.6 cm³/mol. The maximum atomic E-state index is 11.9. The summed E-state index contributed by atoms with van der Waals surface area (Å²) in [5.74, 6) is 1.01. The number of pyridine rings is 1. The number of rotatable bonds is 5. The fraction of sp³-hybridized carbons (Fsp3) is 0.286. The van der Waals surface area contributed by atoms with E-state index < -0.39 is 4.92 Å². The highest BCUT2D eigenvalue weighted by Crippen LogP contribution is 2.21. The number of amides is 1. The van der Waals surface area contributed by atoms with E-state index in [2.05, 4.69) is 10.3 Å². The summed E-state index contributed by atoms with van der Waals surface area (Å²) >= 11 is 1.61. The molecule has 1 aromatic carbocycles. The van der Waals surface area contributed by atoms with Gasteiger partial charge in [-0.2, -0.15) is 11.8 Å². The summed E-state index contributed by atoms with van der Waals surface area (Å²) in [6, 6.07) is 7.80. The first-order chi connectivity index (χ1) is 10.0. The minimum atomic E-state index is -0.445. The second-order valence-electron chi connectivity index (χ2n) is 4.68. The van der Waals surface area contributed by atoms with Gasteiger partial charge in [0.15, 0.2) is 0 Å². The predicted octanol–water partition coefficient (Wildman–Crippen LogP) is 3.08. The topological polar surface area (TPSA) is 85.1 Å². The number of hydrogen-bond acceptors (Lipinski definition) is 5. The Morgan fingerprint density at radius 3 is 2.86 bits per heavy atom. The van der Waals surface area contributed by atoms with Gasteiger partial charge in [0.25, 0.3) is 5.69 Å². The quantitative estimate of drug-likeness (QED) is 0.677. The fourth-order valence-corrected chi connectivity index (χ4v) is 2.52. The minimum absolute atomic E-state index is 0.0229. The molecule has 1 heterocycles. The number of benzene rings is 1. The molecule has 6 nitrogen and oxygen atoms in total. The molecule has 0 aliphatic carbocycles. The standard InChI is InChI=1S/C14H15N3O3S/c1-9(8-21-2)14(18)16-13-6-3-10-7-11(17(19)20)4-5-12(10)15-13/h3-7,9H,8H2,1-2H3,(H,15,16,18)/t9-/m0/s1. The van der Waals surface area contributed by atoms with E-state index in [1.54, 1.807) is 30.0 Å². The van der Waals surface area contributed by atoms with Gasteiger partial charge in [-0.05, 0) is 24.5 Å². The van der Waals surface area contributed by atoms with Crippen LogP contribution in [-0.4, -0.2) is 27.8 Å². The second kappa shape index (κ2) is 6.53. The number of nitro groups is 1. The zero-order valence-electron chi connectivity index (χ0n) is 11.7. The molecule has 2 aromatic rings. The number of non-ortho nitro benzene ring substituents is 1. The van der Waals surface area contributed by atoms with E-state index in [1.807, 2.05) is 13.2 Å². The molecule has 1 aromatic heterocycles. The van der Waals surface area contributed by atoms with Crippen LogP contribution in [0.25, 0.3) is 10.9 Å². The first kappa shape index (κ1) is 15.2. The van der Waals surface area contributed by atoms with E-state index in [4.69, 9.17) is 0 Å². The van der Waals surface area contributed by atoms with Gasteiger partial charge in [0.05, 0.1) is 10.4 Å². The second-order valence-corrected chi connectivity index (χ2v) is 5.59. The molecule has 1 N–H and O–H groups in total. The number of nitrogens with zero attached hydrogens (tertiary/aromatic N) is 2. The summed E-state index contributed by atoms with van der Waals surface area (Å²) in [5.41, 5.74) is 0.630. The molecule has 1 atom stereocenters. The number of aromatic nitrogens is 1. The molecule has 0 unspecified atom stereocenters. The molecule has 0 radical (unpaired) electrons. The highest BCUT2D eigenvalue weighted by atomic mass is 32.2. The van der Waals surface area contributed by atoms with E-state index in [0.29, 0.717) is 16.7 Å². The molecule has 0 fully saturated rings. The highest BCUT2D eigenvalue weighted by molar-refractivity contribution is 7.98. The molecule has 7 heteroatoms. The number of hydrogen-bond donors (Lipinski definition) is 1. The van der Waals surface area contributed by atoms with Crippen LogP contribution in [0.15, 0.2) is 30.3 Å². The molecule has 0 saturated carbocycles. The number of nitro benzene ring substituents is 1. The average Bonchev–Trinajstić information content (AvgIpc) is 2.46. The Labute approximate surface area is 126 Å². The van der Waals surface area contributed by atoms with Crippen molar-refractivity contribution in [3.05, 3.63) is 40.4 Å². The molecule has 21 heavy (non-hydrogen) atoms. The van der Waals surface area contributed by atoms with Gasteiger partial charge in [-0.25, -0.2) is 4.98 Å². The lowest BCUT2D eigenvalue weighted by atomic mass is 10.2. The van der Waals surface area contributed by atoms with Crippen molar-refractivity contribution in [2.45, 2.75) is 6.92 Å². The molecule has 2 rings (SSSR count). The van der Waals surface area contributed by atoms with E-state index in [9.17, 15) is 14.9 Å². The fourth-order valence-electron chi connectivity index (χ4n) is 1.87. The lowest BCUT2D eigenvalue weighted by molar-refractivity contribution is -0.384. The molecule has 0 saturated heterocycles. The van der Waals surface area contributed by atoms with Crippen LogP contribution >= 0.6 is 11.8 Å².